The van der Waals surface area contributed by atoms with E-state index in [1.54, 1.807) is 18.3 Å². The highest BCUT2D eigenvalue weighted by Gasteiger charge is 2.26. The van der Waals surface area contributed by atoms with Gasteiger partial charge in [-0.15, -0.1) is 22.7 Å². The number of thiophene rings is 2. The molecule has 6 heteroatoms. The van der Waals surface area contributed by atoms with Crippen LogP contribution in [0.3, 0.4) is 0 Å². The summed E-state index contributed by atoms with van der Waals surface area (Å²) in [5, 5.41) is 5.50. The third-order valence-corrected chi connectivity index (χ3v) is 6.91. The van der Waals surface area contributed by atoms with Gasteiger partial charge in [-0.3, -0.25) is 4.79 Å². The highest BCUT2D eigenvalue weighted by atomic mass is 32.1. The van der Waals surface area contributed by atoms with Gasteiger partial charge in [0.2, 0.25) is 0 Å². The molecule has 0 spiro atoms. The van der Waals surface area contributed by atoms with Crippen LogP contribution in [0.2, 0.25) is 0 Å². The first-order valence-electron chi connectivity index (χ1n) is 8.60. The largest absolute Gasteiger partial charge is 0.462 e. The molecule has 0 aromatic carbocycles. The highest BCUT2D eigenvalue weighted by Crippen LogP contribution is 2.36. The second-order valence-electron chi connectivity index (χ2n) is 6.56. The smallest absolute Gasteiger partial charge is 0.341 e. The molecule has 1 aliphatic carbocycles. The number of nitrogens with one attached hydrogen (secondary N) is 1. The third-order valence-electron chi connectivity index (χ3n) is 4.74. The van der Waals surface area contributed by atoms with Crippen molar-refractivity contribution in [1.82, 2.24) is 0 Å². The predicted octanol–water partition coefficient (Wildman–Crippen LogP) is 4.98. The molecule has 4 nitrogen and oxygen atoms in total. The van der Waals surface area contributed by atoms with E-state index in [1.807, 2.05) is 19.2 Å². The Kier molecular flexibility index (Phi) is 5.29. The first-order chi connectivity index (χ1) is 11.9. The number of hydrogen-bond donors (Lipinski definition) is 1. The van der Waals surface area contributed by atoms with E-state index < -0.39 is 0 Å². The Hall–Kier alpha value is -1.66. The minimum absolute atomic E-state index is 0.126. The predicted molar refractivity (Wildman–Crippen MR) is 103 cm³/mol. The average Bonchev–Trinajstić information content (AvgIpc) is 3.09. The number of carbonyl (C=O) groups excluding carboxylic acids is 2. The fourth-order valence-electron chi connectivity index (χ4n) is 3.20. The molecule has 0 unspecified atom stereocenters. The number of esters is 1. The van der Waals surface area contributed by atoms with Crippen molar-refractivity contribution in [3.05, 3.63) is 37.4 Å². The van der Waals surface area contributed by atoms with Gasteiger partial charge in [-0.1, -0.05) is 6.92 Å². The maximum absolute atomic E-state index is 12.8. The van der Waals surface area contributed by atoms with Crippen LogP contribution in [0.1, 0.15) is 61.9 Å². The number of ether oxygens (including phenoxy) is 1. The number of carbonyl (C=O) groups is 2. The van der Waals surface area contributed by atoms with Crippen LogP contribution in [0.25, 0.3) is 0 Å². The van der Waals surface area contributed by atoms with Gasteiger partial charge in [0.15, 0.2) is 0 Å². The molecule has 0 saturated heterocycles. The van der Waals surface area contributed by atoms with E-state index in [4.69, 9.17) is 4.74 Å². The molecule has 3 rings (SSSR count). The standard InChI is InChI=1S/C19H23NO3S2/c1-5-23-19(22)16-11(3)12(4)25-18(16)20-17(21)14-9-24-15-8-10(2)6-7-13(14)15/h9-10H,5-8H2,1-4H3,(H,20,21)/t10-/m0/s1. The molecule has 1 aliphatic rings. The number of aryl methyl sites for hydroxylation is 1. The summed E-state index contributed by atoms with van der Waals surface area (Å²) in [6.45, 7) is 8.19. The third kappa shape index (κ3) is 3.51. The summed E-state index contributed by atoms with van der Waals surface area (Å²) in [5.74, 6) is 0.180. The topological polar surface area (TPSA) is 55.4 Å². The zero-order chi connectivity index (χ0) is 18.1. The molecule has 2 aromatic rings. The lowest BCUT2D eigenvalue weighted by molar-refractivity contribution is 0.0527. The fourth-order valence-corrected chi connectivity index (χ4v) is 5.49. The van der Waals surface area contributed by atoms with Crippen LogP contribution in [-0.4, -0.2) is 18.5 Å². The second kappa shape index (κ2) is 7.30. The average molecular weight is 378 g/mol. The van der Waals surface area contributed by atoms with E-state index in [1.165, 1.54) is 21.8 Å². The van der Waals surface area contributed by atoms with Gasteiger partial charge in [0, 0.05) is 15.1 Å². The van der Waals surface area contributed by atoms with Gasteiger partial charge in [-0.25, -0.2) is 4.79 Å². The molecule has 1 amide bonds. The van der Waals surface area contributed by atoms with Gasteiger partial charge >= 0.3 is 5.97 Å². The molecule has 0 bridgehead atoms. The van der Waals surface area contributed by atoms with Crippen LogP contribution in [-0.2, 0) is 17.6 Å². The lowest BCUT2D eigenvalue weighted by atomic mass is 9.88. The first-order valence-corrected chi connectivity index (χ1v) is 10.3. The molecular weight excluding hydrogens is 354 g/mol. The van der Waals surface area contributed by atoms with Crippen LogP contribution in [0, 0.1) is 19.8 Å². The van der Waals surface area contributed by atoms with Crippen molar-refractivity contribution in [1.29, 1.82) is 0 Å². The maximum atomic E-state index is 12.8. The Bertz CT molecular complexity index is 819. The van der Waals surface area contributed by atoms with Crippen LogP contribution >= 0.6 is 22.7 Å². The van der Waals surface area contributed by atoms with E-state index in [0.29, 0.717) is 23.1 Å². The lowest BCUT2D eigenvalue weighted by Gasteiger charge is -2.18. The van der Waals surface area contributed by atoms with Crippen molar-refractivity contribution in [2.45, 2.75) is 47.0 Å². The van der Waals surface area contributed by atoms with Gasteiger partial charge in [0.1, 0.15) is 5.00 Å². The quantitative estimate of drug-likeness (QED) is 0.765. The SMILES string of the molecule is CCOC(=O)c1c(NC(=O)c2csc3c2CC[C@H](C)C3)sc(C)c1C. The minimum Gasteiger partial charge on any atom is -0.462 e. The van der Waals surface area contributed by atoms with Crippen molar-refractivity contribution in [2.24, 2.45) is 5.92 Å². The van der Waals surface area contributed by atoms with Crippen LogP contribution < -0.4 is 5.32 Å². The Morgan fingerprint density at radius 1 is 1.36 bits per heavy atom. The van der Waals surface area contributed by atoms with Crippen LogP contribution in [0.5, 0.6) is 0 Å². The maximum Gasteiger partial charge on any atom is 0.341 e. The van der Waals surface area contributed by atoms with E-state index in [9.17, 15) is 9.59 Å². The van der Waals surface area contributed by atoms with E-state index in [2.05, 4.69) is 12.2 Å². The number of amides is 1. The Morgan fingerprint density at radius 3 is 2.84 bits per heavy atom. The highest BCUT2D eigenvalue weighted by molar-refractivity contribution is 7.17. The second-order valence-corrected chi connectivity index (χ2v) is 8.75. The van der Waals surface area contributed by atoms with Crippen LogP contribution in [0.4, 0.5) is 5.00 Å². The summed E-state index contributed by atoms with van der Waals surface area (Å²) in [5.41, 5.74) is 3.30. The van der Waals surface area contributed by atoms with Crippen molar-refractivity contribution >= 4 is 39.6 Å². The minimum atomic E-state index is -0.374. The van der Waals surface area contributed by atoms with Crippen molar-refractivity contribution in [3.63, 3.8) is 0 Å². The Balaban J connectivity index is 1.87. The normalized spacial score (nSPS) is 16.4. The van der Waals surface area contributed by atoms with E-state index >= 15 is 0 Å². The summed E-state index contributed by atoms with van der Waals surface area (Å²) in [4.78, 5) is 27.4. The molecule has 2 heterocycles. The number of fused-ring (bicyclic) bond motifs is 1. The van der Waals surface area contributed by atoms with Gasteiger partial charge < -0.3 is 10.1 Å². The molecule has 0 radical (unpaired) electrons. The first kappa shape index (κ1) is 18.1. The van der Waals surface area contributed by atoms with Crippen molar-refractivity contribution in [3.8, 4) is 0 Å². The number of hydrogen-bond acceptors (Lipinski definition) is 5. The van der Waals surface area contributed by atoms with E-state index in [-0.39, 0.29) is 11.9 Å². The number of rotatable bonds is 4. The Labute approximate surface area is 156 Å². The zero-order valence-corrected chi connectivity index (χ0v) is 16.7. The summed E-state index contributed by atoms with van der Waals surface area (Å²) >= 11 is 3.10. The Morgan fingerprint density at radius 2 is 2.12 bits per heavy atom. The molecule has 2 aromatic heterocycles. The molecule has 25 heavy (non-hydrogen) atoms. The molecular formula is C19H23NO3S2. The van der Waals surface area contributed by atoms with Crippen LogP contribution in [0.15, 0.2) is 5.38 Å². The van der Waals surface area contributed by atoms with E-state index in [0.717, 1.165) is 35.3 Å². The van der Waals surface area contributed by atoms with Gasteiger partial charge in [-0.05, 0) is 57.1 Å². The summed E-state index contributed by atoms with van der Waals surface area (Å²) < 4.78 is 5.16. The van der Waals surface area contributed by atoms with Gasteiger partial charge in [-0.2, -0.15) is 0 Å². The van der Waals surface area contributed by atoms with Gasteiger partial charge in [0.25, 0.3) is 5.91 Å². The molecule has 1 N–H and O–H groups in total. The number of anilines is 1. The summed E-state index contributed by atoms with van der Waals surface area (Å²) in [6.07, 6.45) is 3.13. The molecule has 0 aliphatic heterocycles. The van der Waals surface area contributed by atoms with Crippen molar-refractivity contribution in [2.75, 3.05) is 11.9 Å². The van der Waals surface area contributed by atoms with Gasteiger partial charge in [0.05, 0.1) is 17.7 Å². The van der Waals surface area contributed by atoms with Crippen molar-refractivity contribution < 1.29 is 14.3 Å². The monoisotopic (exact) mass is 377 g/mol. The summed E-state index contributed by atoms with van der Waals surface area (Å²) in [6, 6.07) is 0. The fraction of sp³-hybridized carbons (Fsp3) is 0.474. The zero-order valence-electron chi connectivity index (χ0n) is 15.0. The molecule has 0 saturated carbocycles. The molecule has 134 valence electrons. The summed E-state index contributed by atoms with van der Waals surface area (Å²) in [7, 11) is 0. The molecule has 0 fully saturated rings. The molecule has 1 atom stereocenters. The lowest BCUT2D eigenvalue weighted by Crippen LogP contribution is -2.17.